The summed E-state index contributed by atoms with van der Waals surface area (Å²) in [5.74, 6) is -0.612. The van der Waals surface area contributed by atoms with E-state index in [1.54, 1.807) is 12.1 Å². The van der Waals surface area contributed by atoms with Crippen molar-refractivity contribution in [3.63, 3.8) is 0 Å². The molecule has 24 heavy (non-hydrogen) atoms. The van der Waals surface area contributed by atoms with Gasteiger partial charge in [-0.25, -0.2) is 4.39 Å². The average Bonchev–Trinajstić information content (AvgIpc) is 2.56. The van der Waals surface area contributed by atoms with Crippen molar-refractivity contribution in [1.29, 1.82) is 0 Å². The summed E-state index contributed by atoms with van der Waals surface area (Å²) in [5.41, 5.74) is 3.34. The number of nitrogens with one attached hydrogen (secondary N) is 1. The number of hydrogen-bond acceptors (Lipinski definition) is 2. The summed E-state index contributed by atoms with van der Waals surface area (Å²) in [6, 6.07) is 12.1. The van der Waals surface area contributed by atoms with Gasteiger partial charge in [-0.3, -0.25) is 4.79 Å². The fourth-order valence-electron chi connectivity index (χ4n) is 2.63. The molecule has 0 bridgehead atoms. The molecule has 0 aliphatic rings. The molecule has 0 fully saturated rings. The highest BCUT2D eigenvalue weighted by atomic mass is 19.1. The molecule has 0 radical (unpaired) electrons. The second-order valence-corrected chi connectivity index (χ2v) is 6.04. The van der Waals surface area contributed by atoms with Crippen LogP contribution < -0.4 is 10.1 Å². The first-order valence-electron chi connectivity index (χ1n) is 8.21. The molecular weight excluding hydrogens is 305 g/mol. The molecule has 0 saturated heterocycles. The molecular formula is C20H24FNO2. The van der Waals surface area contributed by atoms with Gasteiger partial charge in [-0.15, -0.1) is 0 Å². The second-order valence-electron chi connectivity index (χ2n) is 6.04. The number of amides is 1. The van der Waals surface area contributed by atoms with Crippen molar-refractivity contribution in [2.24, 2.45) is 0 Å². The van der Waals surface area contributed by atoms with Gasteiger partial charge in [0.05, 0.1) is 6.04 Å². The van der Waals surface area contributed by atoms with Crippen LogP contribution in [-0.4, -0.2) is 12.0 Å². The second kappa shape index (κ2) is 7.95. The summed E-state index contributed by atoms with van der Waals surface area (Å²) < 4.78 is 19.3. The third-order valence-electron chi connectivity index (χ3n) is 4.03. The summed E-state index contributed by atoms with van der Waals surface area (Å²) in [5, 5.41) is 2.97. The van der Waals surface area contributed by atoms with Gasteiger partial charge < -0.3 is 10.1 Å². The highest BCUT2D eigenvalue weighted by Gasteiger charge is 2.22. The Labute approximate surface area is 142 Å². The van der Waals surface area contributed by atoms with E-state index in [-0.39, 0.29) is 17.7 Å². The number of rotatable bonds is 6. The summed E-state index contributed by atoms with van der Waals surface area (Å²) >= 11 is 0. The minimum absolute atomic E-state index is 0.0962. The number of aryl methyl sites for hydroxylation is 2. The van der Waals surface area contributed by atoms with Gasteiger partial charge in [0.25, 0.3) is 5.91 Å². The van der Waals surface area contributed by atoms with Crippen LogP contribution in [0.25, 0.3) is 0 Å². The van der Waals surface area contributed by atoms with Gasteiger partial charge in [0.15, 0.2) is 17.7 Å². The molecule has 0 aromatic heterocycles. The predicted octanol–water partition coefficient (Wildman–Crippen LogP) is 4.48. The summed E-state index contributed by atoms with van der Waals surface area (Å²) in [6.45, 7) is 7.82. The van der Waals surface area contributed by atoms with E-state index < -0.39 is 11.9 Å². The van der Waals surface area contributed by atoms with Crippen LogP contribution in [0.1, 0.15) is 43.0 Å². The van der Waals surface area contributed by atoms with Crippen LogP contribution in [-0.2, 0) is 4.79 Å². The monoisotopic (exact) mass is 329 g/mol. The third kappa shape index (κ3) is 4.34. The molecule has 0 spiro atoms. The summed E-state index contributed by atoms with van der Waals surface area (Å²) in [4.78, 5) is 12.5. The Hall–Kier alpha value is -2.36. The fourth-order valence-corrected chi connectivity index (χ4v) is 2.63. The number of carbonyl (C=O) groups is 1. The maximum Gasteiger partial charge on any atom is 0.261 e. The molecule has 0 aliphatic carbocycles. The van der Waals surface area contributed by atoms with Gasteiger partial charge in [-0.2, -0.15) is 0 Å². The molecule has 1 N–H and O–H groups in total. The molecule has 0 unspecified atom stereocenters. The molecule has 2 aromatic carbocycles. The van der Waals surface area contributed by atoms with Gasteiger partial charge >= 0.3 is 0 Å². The standard InChI is InChI=1S/C20H24FNO2/c1-5-18(24-19-9-7-6-8-17(19)21)20(23)22-15(4)16-12-13(2)10-11-14(16)3/h6-12,15,18H,5H2,1-4H3,(H,22,23)/t15-,18-/m0/s1. The Morgan fingerprint density at radius 1 is 1.21 bits per heavy atom. The topological polar surface area (TPSA) is 38.3 Å². The van der Waals surface area contributed by atoms with Crippen LogP contribution in [0.15, 0.2) is 42.5 Å². The SMILES string of the molecule is CC[C@H](Oc1ccccc1F)C(=O)N[C@@H](C)c1cc(C)ccc1C. The van der Waals surface area contributed by atoms with E-state index in [0.29, 0.717) is 6.42 Å². The van der Waals surface area contributed by atoms with E-state index in [2.05, 4.69) is 11.4 Å². The largest absolute Gasteiger partial charge is 0.478 e. The van der Waals surface area contributed by atoms with Crippen LogP contribution >= 0.6 is 0 Å². The molecule has 1 amide bonds. The predicted molar refractivity (Wildman–Crippen MR) is 93.6 cm³/mol. The Morgan fingerprint density at radius 2 is 1.92 bits per heavy atom. The highest BCUT2D eigenvalue weighted by Crippen LogP contribution is 2.21. The molecule has 4 heteroatoms. The van der Waals surface area contributed by atoms with Gasteiger partial charge in [0.1, 0.15) is 0 Å². The lowest BCUT2D eigenvalue weighted by Gasteiger charge is -2.22. The van der Waals surface area contributed by atoms with Gasteiger partial charge in [0, 0.05) is 0 Å². The van der Waals surface area contributed by atoms with Crippen LogP contribution in [0, 0.1) is 19.7 Å². The number of para-hydroxylation sites is 1. The van der Waals surface area contributed by atoms with E-state index in [9.17, 15) is 9.18 Å². The van der Waals surface area contributed by atoms with Crippen LogP contribution in [0.4, 0.5) is 4.39 Å². The quantitative estimate of drug-likeness (QED) is 0.849. The zero-order valence-corrected chi connectivity index (χ0v) is 14.6. The number of halogens is 1. The molecule has 2 atom stereocenters. The lowest BCUT2D eigenvalue weighted by Crippen LogP contribution is -2.39. The maximum atomic E-state index is 13.7. The number of benzene rings is 2. The van der Waals surface area contributed by atoms with Gasteiger partial charge in [0.2, 0.25) is 0 Å². The van der Waals surface area contributed by atoms with Crippen molar-refractivity contribution in [1.82, 2.24) is 5.32 Å². The first-order chi connectivity index (χ1) is 11.4. The van der Waals surface area contributed by atoms with Crippen LogP contribution in [0.2, 0.25) is 0 Å². The van der Waals surface area contributed by atoms with E-state index in [1.807, 2.05) is 39.8 Å². The van der Waals surface area contributed by atoms with Crippen molar-refractivity contribution < 1.29 is 13.9 Å². The van der Waals surface area contributed by atoms with Crippen LogP contribution in [0.5, 0.6) is 5.75 Å². The van der Waals surface area contributed by atoms with E-state index in [0.717, 1.165) is 16.7 Å². The molecule has 0 heterocycles. The van der Waals surface area contributed by atoms with Crippen molar-refractivity contribution in [2.45, 2.75) is 46.3 Å². The number of hydrogen-bond donors (Lipinski definition) is 1. The molecule has 2 aromatic rings. The highest BCUT2D eigenvalue weighted by molar-refractivity contribution is 5.81. The lowest BCUT2D eigenvalue weighted by molar-refractivity contribution is -0.128. The first kappa shape index (κ1) is 18.0. The van der Waals surface area contributed by atoms with Crippen LogP contribution in [0.3, 0.4) is 0 Å². The molecule has 128 valence electrons. The maximum absolute atomic E-state index is 13.7. The summed E-state index contributed by atoms with van der Waals surface area (Å²) in [7, 11) is 0. The zero-order valence-electron chi connectivity index (χ0n) is 14.6. The number of carbonyl (C=O) groups excluding carboxylic acids is 1. The third-order valence-corrected chi connectivity index (χ3v) is 4.03. The average molecular weight is 329 g/mol. The molecule has 0 aliphatic heterocycles. The van der Waals surface area contributed by atoms with Crippen molar-refractivity contribution in [3.8, 4) is 5.75 Å². The normalized spacial score (nSPS) is 13.2. The lowest BCUT2D eigenvalue weighted by atomic mass is 10.00. The van der Waals surface area contributed by atoms with Crippen molar-refractivity contribution in [3.05, 3.63) is 65.0 Å². The summed E-state index contributed by atoms with van der Waals surface area (Å²) in [6.07, 6.45) is -0.269. The molecule has 0 saturated carbocycles. The molecule has 3 nitrogen and oxygen atoms in total. The van der Waals surface area contributed by atoms with E-state index in [4.69, 9.17) is 4.74 Å². The van der Waals surface area contributed by atoms with Crippen molar-refractivity contribution in [2.75, 3.05) is 0 Å². The molecule has 2 rings (SSSR count). The minimum Gasteiger partial charge on any atom is -0.478 e. The van der Waals surface area contributed by atoms with Crippen molar-refractivity contribution >= 4 is 5.91 Å². The minimum atomic E-state index is -0.727. The Balaban J connectivity index is 2.09. The first-order valence-corrected chi connectivity index (χ1v) is 8.21. The van der Waals surface area contributed by atoms with Gasteiger partial charge in [-0.05, 0) is 50.5 Å². The van der Waals surface area contributed by atoms with E-state index >= 15 is 0 Å². The fraction of sp³-hybridized carbons (Fsp3) is 0.350. The Bertz CT molecular complexity index is 715. The van der Waals surface area contributed by atoms with E-state index in [1.165, 1.54) is 12.1 Å². The smallest absolute Gasteiger partial charge is 0.261 e. The Morgan fingerprint density at radius 3 is 2.58 bits per heavy atom. The zero-order chi connectivity index (χ0) is 17.7. The number of ether oxygens (including phenoxy) is 1. The Kier molecular flexibility index (Phi) is 5.96. The van der Waals surface area contributed by atoms with Gasteiger partial charge in [-0.1, -0.05) is 42.8 Å².